The molecule has 0 saturated carbocycles. The number of carbonyl (C=O) groups is 1. The first-order chi connectivity index (χ1) is 18.7. The molecular weight excluding hydrogens is 490 g/mol. The summed E-state index contributed by atoms with van der Waals surface area (Å²) < 4.78 is 12.6. The molecule has 2 aromatic heterocycles. The van der Waals surface area contributed by atoms with Crippen molar-refractivity contribution in [3.8, 4) is 33.8 Å². The zero-order valence-electron chi connectivity index (χ0n) is 22.4. The van der Waals surface area contributed by atoms with Crippen LogP contribution in [0.1, 0.15) is 37.5 Å². The highest BCUT2D eigenvalue weighted by atomic mass is 16.5. The van der Waals surface area contributed by atoms with Gasteiger partial charge in [0, 0.05) is 42.0 Å². The normalized spacial score (nSPS) is 12.9. The third-order valence-electron chi connectivity index (χ3n) is 7.02. The van der Waals surface area contributed by atoms with E-state index in [0.717, 1.165) is 72.8 Å². The third kappa shape index (κ3) is 4.54. The summed E-state index contributed by atoms with van der Waals surface area (Å²) >= 11 is 0. The Kier molecular flexibility index (Phi) is 5.94. The highest BCUT2D eigenvalue weighted by molar-refractivity contribution is 6.11. The van der Waals surface area contributed by atoms with Crippen molar-refractivity contribution in [3.63, 3.8) is 0 Å². The number of nitrogens with zero attached hydrogens (tertiary/aromatic N) is 3. The third-order valence-corrected chi connectivity index (χ3v) is 7.02. The summed E-state index contributed by atoms with van der Waals surface area (Å²) in [4.78, 5) is 25.3. The van der Waals surface area contributed by atoms with Crippen LogP contribution >= 0.6 is 0 Å². The predicted molar refractivity (Wildman–Crippen MR) is 151 cm³/mol. The Morgan fingerprint density at radius 1 is 1.05 bits per heavy atom. The molecule has 1 aliphatic rings. The lowest BCUT2D eigenvalue weighted by Gasteiger charge is -2.28. The highest BCUT2D eigenvalue weighted by Gasteiger charge is 2.28. The smallest absolute Gasteiger partial charge is 0.307 e. The van der Waals surface area contributed by atoms with E-state index in [1.807, 2.05) is 58.2 Å². The van der Waals surface area contributed by atoms with Crippen molar-refractivity contribution in [2.24, 2.45) is 0 Å². The van der Waals surface area contributed by atoms with Gasteiger partial charge >= 0.3 is 5.97 Å². The van der Waals surface area contributed by atoms with E-state index in [-0.39, 0.29) is 6.42 Å². The molecule has 0 radical (unpaired) electrons. The van der Waals surface area contributed by atoms with Crippen LogP contribution in [-0.2, 0) is 17.6 Å². The summed E-state index contributed by atoms with van der Waals surface area (Å²) in [5.41, 5.74) is 6.54. The fourth-order valence-corrected chi connectivity index (χ4v) is 5.47. The van der Waals surface area contributed by atoms with E-state index in [1.165, 1.54) is 6.33 Å². The molecule has 1 aliphatic heterocycles. The number of hydrogen-bond donors (Lipinski definition) is 1. The van der Waals surface area contributed by atoms with Crippen molar-refractivity contribution in [1.29, 1.82) is 0 Å². The van der Waals surface area contributed by atoms with Crippen LogP contribution in [0.3, 0.4) is 0 Å². The molecule has 3 aromatic carbocycles. The SMILES string of the molecule is Cc1cc2cc(-c3cncnc3)ccc2c(-c2c(OC(C)(C)C)cc3c4c(ccnc24)CCO3)c1CC(=O)O. The Morgan fingerprint density at radius 3 is 2.59 bits per heavy atom. The highest BCUT2D eigenvalue weighted by Crippen LogP contribution is 2.48. The molecule has 7 nitrogen and oxygen atoms in total. The van der Waals surface area contributed by atoms with Gasteiger partial charge in [-0.2, -0.15) is 0 Å². The van der Waals surface area contributed by atoms with E-state index in [2.05, 4.69) is 22.1 Å². The minimum absolute atomic E-state index is 0.125. The lowest BCUT2D eigenvalue weighted by molar-refractivity contribution is -0.136. The number of hydrogen-bond acceptors (Lipinski definition) is 6. The van der Waals surface area contributed by atoms with Gasteiger partial charge in [0.25, 0.3) is 0 Å². The maximum atomic E-state index is 12.1. The Hall–Kier alpha value is -4.52. The second-order valence-corrected chi connectivity index (χ2v) is 10.9. The molecule has 5 aromatic rings. The van der Waals surface area contributed by atoms with Crippen LogP contribution in [0, 0.1) is 6.92 Å². The average molecular weight is 520 g/mol. The molecule has 0 saturated heterocycles. The van der Waals surface area contributed by atoms with E-state index in [9.17, 15) is 9.90 Å². The maximum absolute atomic E-state index is 12.1. The quantitative estimate of drug-likeness (QED) is 0.281. The first-order valence-corrected chi connectivity index (χ1v) is 13.0. The van der Waals surface area contributed by atoms with Crippen LogP contribution in [-0.4, -0.2) is 38.2 Å². The second-order valence-electron chi connectivity index (χ2n) is 10.9. The molecule has 196 valence electrons. The van der Waals surface area contributed by atoms with E-state index < -0.39 is 11.6 Å². The van der Waals surface area contributed by atoms with Crippen molar-refractivity contribution >= 4 is 27.6 Å². The van der Waals surface area contributed by atoms with E-state index in [0.29, 0.717) is 12.4 Å². The lowest BCUT2D eigenvalue weighted by atomic mass is 9.85. The van der Waals surface area contributed by atoms with Gasteiger partial charge in [-0.15, -0.1) is 0 Å². The standard InChI is InChI=1S/C32H29N3O4/c1-18-11-21-12-20(22-15-33-17-34-16-22)5-6-23(21)29(24(18)13-27(36)37)30-26(39-32(2,3)4)14-25-28-19(8-10-38-25)7-9-35-31(28)30/h5-7,9,11-12,14-17H,8,10,13H2,1-4H3,(H,36,37). The van der Waals surface area contributed by atoms with Gasteiger partial charge in [-0.05, 0) is 78.4 Å². The van der Waals surface area contributed by atoms with E-state index >= 15 is 0 Å². The van der Waals surface area contributed by atoms with Gasteiger partial charge in [0.1, 0.15) is 23.4 Å². The van der Waals surface area contributed by atoms with E-state index in [4.69, 9.17) is 14.5 Å². The lowest BCUT2D eigenvalue weighted by Crippen LogP contribution is -2.24. The van der Waals surface area contributed by atoms with Crippen molar-refractivity contribution in [1.82, 2.24) is 15.0 Å². The van der Waals surface area contributed by atoms with Crippen LogP contribution in [0.4, 0.5) is 0 Å². The summed E-state index contributed by atoms with van der Waals surface area (Å²) in [5.74, 6) is 0.468. The molecule has 0 fully saturated rings. The van der Waals surface area contributed by atoms with Crippen LogP contribution in [0.25, 0.3) is 43.9 Å². The maximum Gasteiger partial charge on any atom is 0.307 e. The van der Waals surface area contributed by atoms with Crippen LogP contribution in [0.15, 0.2) is 61.3 Å². The number of aryl methyl sites for hydroxylation is 1. The molecule has 0 spiro atoms. The minimum Gasteiger partial charge on any atom is -0.492 e. The van der Waals surface area contributed by atoms with Crippen molar-refractivity contribution in [2.75, 3.05) is 6.61 Å². The molecular formula is C32H29N3O4. The zero-order valence-corrected chi connectivity index (χ0v) is 22.4. The number of carboxylic acid groups (broad SMARTS) is 1. The number of aromatic nitrogens is 3. The number of aliphatic carboxylic acids is 1. The summed E-state index contributed by atoms with van der Waals surface area (Å²) in [7, 11) is 0. The summed E-state index contributed by atoms with van der Waals surface area (Å²) in [6.45, 7) is 8.54. The molecule has 6 rings (SSSR count). The van der Waals surface area contributed by atoms with Crippen molar-refractivity contribution in [2.45, 2.75) is 46.1 Å². The molecule has 0 atom stereocenters. The number of fused-ring (bicyclic) bond motifs is 1. The van der Waals surface area contributed by atoms with Crippen LogP contribution in [0.2, 0.25) is 0 Å². The van der Waals surface area contributed by atoms with Gasteiger partial charge in [0.05, 0.1) is 24.1 Å². The molecule has 0 amide bonds. The second kappa shape index (κ2) is 9.34. The van der Waals surface area contributed by atoms with E-state index in [1.54, 1.807) is 12.4 Å². The molecule has 3 heterocycles. The van der Waals surface area contributed by atoms with Gasteiger partial charge in [0.15, 0.2) is 0 Å². The monoisotopic (exact) mass is 519 g/mol. The molecule has 0 unspecified atom stereocenters. The summed E-state index contributed by atoms with van der Waals surface area (Å²) in [5, 5.41) is 12.8. The number of benzene rings is 3. The minimum atomic E-state index is -0.894. The van der Waals surface area contributed by atoms with Gasteiger partial charge in [-0.25, -0.2) is 9.97 Å². The molecule has 1 N–H and O–H groups in total. The van der Waals surface area contributed by atoms with Crippen molar-refractivity contribution in [3.05, 3.63) is 78.0 Å². The van der Waals surface area contributed by atoms with Gasteiger partial charge in [-0.1, -0.05) is 18.2 Å². The summed E-state index contributed by atoms with van der Waals surface area (Å²) in [6.07, 6.45) is 7.55. The van der Waals surface area contributed by atoms with Crippen LogP contribution in [0.5, 0.6) is 11.5 Å². The Morgan fingerprint density at radius 2 is 1.85 bits per heavy atom. The average Bonchev–Trinajstić information content (AvgIpc) is 2.89. The number of rotatable bonds is 5. The molecule has 0 bridgehead atoms. The summed E-state index contributed by atoms with van der Waals surface area (Å²) in [6, 6.07) is 12.2. The molecule has 7 heteroatoms. The number of carboxylic acids is 1. The fourth-order valence-electron chi connectivity index (χ4n) is 5.47. The Balaban J connectivity index is 1.74. The van der Waals surface area contributed by atoms with Gasteiger partial charge in [-0.3, -0.25) is 9.78 Å². The molecule has 0 aliphatic carbocycles. The first kappa shape index (κ1) is 24.8. The largest absolute Gasteiger partial charge is 0.492 e. The topological polar surface area (TPSA) is 94.4 Å². The fraction of sp³-hybridized carbons (Fsp3) is 0.250. The molecule has 39 heavy (non-hydrogen) atoms. The predicted octanol–water partition coefficient (Wildman–Crippen LogP) is 6.56. The van der Waals surface area contributed by atoms with Gasteiger partial charge in [0.2, 0.25) is 0 Å². The van der Waals surface area contributed by atoms with Gasteiger partial charge < -0.3 is 14.6 Å². The number of pyridine rings is 1. The number of ether oxygens (including phenoxy) is 2. The zero-order chi connectivity index (χ0) is 27.3. The van der Waals surface area contributed by atoms with Crippen molar-refractivity contribution < 1.29 is 19.4 Å². The first-order valence-electron chi connectivity index (χ1n) is 13.0. The van der Waals surface area contributed by atoms with Crippen LogP contribution < -0.4 is 9.47 Å². The Bertz CT molecular complexity index is 1760. The Labute approximate surface area is 226 Å².